The molecule has 1 heterocycles. The number of piperazine rings is 1. The highest BCUT2D eigenvalue weighted by Gasteiger charge is 2.33. The zero-order chi connectivity index (χ0) is 14.0. The molecule has 0 bridgehead atoms. The van der Waals surface area contributed by atoms with Crippen LogP contribution >= 0.6 is 23.2 Å². The minimum atomic E-state index is -0.210. The van der Waals surface area contributed by atoms with Gasteiger partial charge in [0.15, 0.2) is 0 Å². The van der Waals surface area contributed by atoms with Gasteiger partial charge in [0.2, 0.25) is 0 Å². The molecule has 19 heavy (non-hydrogen) atoms. The van der Waals surface area contributed by atoms with E-state index in [9.17, 15) is 4.79 Å². The van der Waals surface area contributed by atoms with Gasteiger partial charge in [0, 0.05) is 25.3 Å². The van der Waals surface area contributed by atoms with Crippen molar-refractivity contribution in [2.24, 2.45) is 0 Å². The molecule has 2 amide bonds. The van der Waals surface area contributed by atoms with Gasteiger partial charge in [0.25, 0.3) is 0 Å². The van der Waals surface area contributed by atoms with Crippen molar-refractivity contribution in [3.63, 3.8) is 0 Å². The van der Waals surface area contributed by atoms with E-state index in [-0.39, 0.29) is 11.6 Å². The first-order chi connectivity index (χ1) is 8.90. The van der Waals surface area contributed by atoms with E-state index in [4.69, 9.17) is 23.2 Å². The maximum absolute atomic E-state index is 12.3. The monoisotopic (exact) mass is 301 g/mol. The van der Waals surface area contributed by atoms with Crippen LogP contribution in [0.15, 0.2) is 18.2 Å². The van der Waals surface area contributed by atoms with E-state index in [1.165, 1.54) is 0 Å². The lowest BCUT2D eigenvalue weighted by Crippen LogP contribution is -2.60. The first kappa shape index (κ1) is 14.4. The van der Waals surface area contributed by atoms with E-state index in [0.29, 0.717) is 22.3 Å². The van der Waals surface area contributed by atoms with Crippen molar-refractivity contribution in [2.75, 3.05) is 25.0 Å². The third-order valence-corrected chi connectivity index (χ3v) is 3.96. The quantitative estimate of drug-likeness (QED) is 0.836. The van der Waals surface area contributed by atoms with Crippen LogP contribution in [0.5, 0.6) is 0 Å². The van der Waals surface area contributed by atoms with Crippen LogP contribution in [-0.2, 0) is 0 Å². The lowest BCUT2D eigenvalue weighted by atomic mass is 10.0. The van der Waals surface area contributed by atoms with Crippen LogP contribution in [0.1, 0.15) is 13.8 Å². The molecular formula is C13H17Cl2N3O. The molecule has 0 radical (unpaired) electrons. The minimum Gasteiger partial charge on any atom is -0.317 e. The van der Waals surface area contributed by atoms with Gasteiger partial charge in [0.05, 0.1) is 15.6 Å². The van der Waals surface area contributed by atoms with Gasteiger partial charge in [0.1, 0.15) is 0 Å². The number of rotatable bonds is 1. The van der Waals surface area contributed by atoms with Crippen molar-refractivity contribution in [3.8, 4) is 0 Å². The summed E-state index contributed by atoms with van der Waals surface area (Å²) in [5, 5.41) is 7.04. The van der Waals surface area contributed by atoms with Crippen LogP contribution in [0, 0.1) is 0 Å². The van der Waals surface area contributed by atoms with Gasteiger partial charge in [-0.2, -0.15) is 0 Å². The fraction of sp³-hybridized carbons (Fsp3) is 0.462. The second-order valence-corrected chi connectivity index (χ2v) is 6.01. The number of urea groups is 1. The molecule has 0 aliphatic carbocycles. The number of hydrogen-bond donors (Lipinski definition) is 2. The third-order valence-electron chi connectivity index (χ3n) is 3.22. The molecule has 1 fully saturated rings. The molecule has 0 spiro atoms. The molecule has 2 rings (SSSR count). The molecule has 1 aromatic carbocycles. The standard InChI is InChI=1S/C13H17Cl2N3O/c1-13(2)8-16-5-6-18(13)12(19)17-9-3-4-10(14)11(15)7-9/h3-4,7,16H,5-6,8H2,1-2H3,(H,17,19). The lowest BCUT2D eigenvalue weighted by molar-refractivity contribution is 0.123. The lowest BCUT2D eigenvalue weighted by Gasteiger charge is -2.42. The van der Waals surface area contributed by atoms with Crippen LogP contribution < -0.4 is 10.6 Å². The Morgan fingerprint density at radius 3 is 2.74 bits per heavy atom. The van der Waals surface area contributed by atoms with Gasteiger partial charge in [-0.1, -0.05) is 23.2 Å². The molecule has 0 saturated carbocycles. The predicted molar refractivity (Wildman–Crippen MR) is 79.1 cm³/mol. The molecule has 1 aliphatic heterocycles. The van der Waals surface area contributed by atoms with Crippen molar-refractivity contribution < 1.29 is 4.79 Å². The molecule has 1 aliphatic rings. The number of carbonyl (C=O) groups excluding carboxylic acids is 1. The molecule has 4 nitrogen and oxygen atoms in total. The van der Waals surface area contributed by atoms with Gasteiger partial charge in [-0.3, -0.25) is 0 Å². The molecule has 104 valence electrons. The first-order valence-electron chi connectivity index (χ1n) is 6.14. The molecule has 0 unspecified atom stereocenters. The zero-order valence-electron chi connectivity index (χ0n) is 11.0. The van der Waals surface area contributed by atoms with E-state index < -0.39 is 0 Å². The predicted octanol–water partition coefficient (Wildman–Crippen LogP) is 3.21. The molecule has 2 N–H and O–H groups in total. The normalized spacial score (nSPS) is 18.2. The van der Waals surface area contributed by atoms with Crippen LogP contribution in [0.2, 0.25) is 10.0 Å². The summed E-state index contributed by atoms with van der Waals surface area (Å²) in [6.07, 6.45) is 0. The second-order valence-electron chi connectivity index (χ2n) is 5.20. The molecule has 6 heteroatoms. The van der Waals surface area contributed by atoms with E-state index in [2.05, 4.69) is 10.6 Å². The highest BCUT2D eigenvalue weighted by atomic mass is 35.5. The van der Waals surface area contributed by atoms with Gasteiger partial charge in [-0.15, -0.1) is 0 Å². The fourth-order valence-electron chi connectivity index (χ4n) is 2.12. The van der Waals surface area contributed by atoms with Crippen molar-refractivity contribution >= 4 is 34.9 Å². The van der Waals surface area contributed by atoms with E-state index in [1.54, 1.807) is 18.2 Å². The SMILES string of the molecule is CC1(C)CNCCN1C(=O)Nc1ccc(Cl)c(Cl)c1. The summed E-state index contributed by atoms with van der Waals surface area (Å²) in [4.78, 5) is 14.1. The molecule has 1 saturated heterocycles. The molecule has 1 aromatic rings. The van der Waals surface area contributed by atoms with Gasteiger partial charge >= 0.3 is 6.03 Å². The molecule has 0 aromatic heterocycles. The number of amides is 2. The van der Waals surface area contributed by atoms with Crippen LogP contribution in [0.4, 0.5) is 10.5 Å². The number of halogens is 2. The van der Waals surface area contributed by atoms with Gasteiger partial charge in [-0.25, -0.2) is 4.79 Å². The fourth-order valence-corrected chi connectivity index (χ4v) is 2.42. The van der Waals surface area contributed by atoms with Crippen LogP contribution in [-0.4, -0.2) is 36.1 Å². The van der Waals surface area contributed by atoms with Gasteiger partial charge < -0.3 is 15.5 Å². The summed E-state index contributed by atoms with van der Waals surface area (Å²) in [6, 6.07) is 4.94. The second kappa shape index (κ2) is 5.57. The number of carbonyl (C=O) groups is 1. The Morgan fingerprint density at radius 1 is 1.37 bits per heavy atom. The average molecular weight is 302 g/mol. The largest absolute Gasteiger partial charge is 0.322 e. The summed E-state index contributed by atoms with van der Waals surface area (Å²) in [5.41, 5.74) is 0.437. The Bertz CT molecular complexity index is 491. The number of nitrogens with one attached hydrogen (secondary N) is 2. The van der Waals surface area contributed by atoms with E-state index >= 15 is 0 Å². The van der Waals surface area contributed by atoms with E-state index in [0.717, 1.165) is 13.1 Å². The Hall–Kier alpha value is -0.970. The highest BCUT2D eigenvalue weighted by Crippen LogP contribution is 2.26. The van der Waals surface area contributed by atoms with Crippen LogP contribution in [0.3, 0.4) is 0 Å². The topological polar surface area (TPSA) is 44.4 Å². The van der Waals surface area contributed by atoms with Gasteiger partial charge in [-0.05, 0) is 32.0 Å². The third kappa shape index (κ3) is 3.32. The first-order valence-corrected chi connectivity index (χ1v) is 6.90. The van der Waals surface area contributed by atoms with Crippen molar-refractivity contribution in [2.45, 2.75) is 19.4 Å². The minimum absolute atomic E-state index is 0.120. The molecular weight excluding hydrogens is 285 g/mol. The molecule has 0 atom stereocenters. The maximum Gasteiger partial charge on any atom is 0.322 e. The number of anilines is 1. The summed E-state index contributed by atoms with van der Waals surface area (Å²) in [7, 11) is 0. The Balaban J connectivity index is 2.09. The summed E-state index contributed by atoms with van der Waals surface area (Å²) < 4.78 is 0. The number of nitrogens with zero attached hydrogens (tertiary/aromatic N) is 1. The van der Waals surface area contributed by atoms with Crippen molar-refractivity contribution in [1.82, 2.24) is 10.2 Å². The Morgan fingerprint density at radius 2 is 2.11 bits per heavy atom. The smallest absolute Gasteiger partial charge is 0.317 e. The highest BCUT2D eigenvalue weighted by molar-refractivity contribution is 6.42. The van der Waals surface area contributed by atoms with E-state index in [1.807, 2.05) is 18.7 Å². The Labute approximate surface area is 123 Å². The number of hydrogen-bond acceptors (Lipinski definition) is 2. The Kier molecular flexibility index (Phi) is 4.23. The number of benzene rings is 1. The zero-order valence-corrected chi connectivity index (χ0v) is 12.5. The summed E-state index contributed by atoms with van der Waals surface area (Å²) in [6.45, 7) is 6.33. The summed E-state index contributed by atoms with van der Waals surface area (Å²) in [5.74, 6) is 0. The van der Waals surface area contributed by atoms with Crippen molar-refractivity contribution in [1.29, 1.82) is 0 Å². The average Bonchev–Trinajstić information content (AvgIpc) is 2.33. The maximum atomic E-state index is 12.3. The van der Waals surface area contributed by atoms with Crippen molar-refractivity contribution in [3.05, 3.63) is 28.2 Å². The van der Waals surface area contributed by atoms with Crippen LogP contribution in [0.25, 0.3) is 0 Å². The summed E-state index contributed by atoms with van der Waals surface area (Å²) >= 11 is 11.8.